The minimum Gasteiger partial charge on any atom is -0.409 e. The van der Waals surface area contributed by atoms with Crippen molar-refractivity contribution in [2.45, 2.75) is 46.2 Å². The highest BCUT2D eigenvalue weighted by Crippen LogP contribution is 2.08. The molecule has 15 heavy (non-hydrogen) atoms. The first-order valence-electron chi connectivity index (χ1n) is 5.26. The van der Waals surface area contributed by atoms with Crippen LogP contribution in [0.4, 0.5) is 0 Å². The molecule has 0 saturated heterocycles. The molecule has 0 spiro atoms. The van der Waals surface area contributed by atoms with E-state index in [9.17, 15) is 0 Å². The minimum atomic E-state index is -0.502. The van der Waals surface area contributed by atoms with Gasteiger partial charge in [0.2, 0.25) is 0 Å². The first-order valence-corrected chi connectivity index (χ1v) is 5.26. The van der Waals surface area contributed by atoms with Crippen molar-refractivity contribution in [3.63, 3.8) is 0 Å². The second-order valence-corrected chi connectivity index (χ2v) is 3.94. The van der Waals surface area contributed by atoms with Crippen molar-refractivity contribution in [2.24, 2.45) is 0 Å². The second kappa shape index (κ2) is 7.34. The Bertz CT molecular complexity index is 244. The molecule has 0 amide bonds. The molecule has 0 bridgehead atoms. The first kappa shape index (κ1) is 14.0. The number of rotatable bonds is 6. The van der Waals surface area contributed by atoms with Gasteiger partial charge in [0.05, 0.1) is 5.97 Å². The van der Waals surface area contributed by atoms with Gasteiger partial charge in [0.25, 0.3) is 0 Å². The van der Waals surface area contributed by atoms with Gasteiger partial charge in [-0.2, -0.15) is 0 Å². The highest BCUT2D eigenvalue weighted by Gasteiger charge is 2.30. The minimum absolute atomic E-state index is 0.278. The molecule has 3 nitrogen and oxygen atoms in total. The van der Waals surface area contributed by atoms with E-state index in [2.05, 4.69) is 39.6 Å². The lowest BCUT2D eigenvalue weighted by molar-refractivity contribution is 0.223. The fourth-order valence-corrected chi connectivity index (χ4v) is 1.56. The maximum Gasteiger partial charge on any atom is 0.504 e. The average Bonchev–Trinajstić information content (AvgIpc) is 2.15. The molecule has 0 aliphatic heterocycles. The van der Waals surface area contributed by atoms with Gasteiger partial charge < -0.3 is 4.65 Å². The van der Waals surface area contributed by atoms with Gasteiger partial charge in [-0.15, -0.1) is 12.3 Å². The number of nitrogens with zero attached hydrogens (tertiary/aromatic N) is 2. The highest BCUT2D eigenvalue weighted by atomic mass is 16.4. The van der Waals surface area contributed by atoms with Crippen LogP contribution in [0.25, 0.3) is 0 Å². The van der Waals surface area contributed by atoms with Crippen LogP contribution in [0.3, 0.4) is 0 Å². The Hall–Kier alpha value is -0.965. The summed E-state index contributed by atoms with van der Waals surface area (Å²) in [5, 5.41) is 9.03. The fraction of sp³-hybridized carbons (Fsp3) is 0.727. The molecule has 0 N–H and O–H groups in total. The average molecular weight is 206 g/mol. The Morgan fingerprint density at radius 1 is 1.33 bits per heavy atom. The summed E-state index contributed by atoms with van der Waals surface area (Å²) in [5.41, 5.74) is 0. The standard InChI is InChI=1S/C11H19BN2O/c1-6-7-8-15-12(9-13)14(10(2)3)11(4)5/h1,10-11H,7-8H2,2-5H3. The Balaban J connectivity index is 4.36. The molecule has 0 fully saturated rings. The van der Waals surface area contributed by atoms with E-state index >= 15 is 0 Å². The normalized spacial score (nSPS) is 10.5. The van der Waals surface area contributed by atoms with E-state index < -0.39 is 7.05 Å². The summed E-state index contributed by atoms with van der Waals surface area (Å²) in [7, 11) is -0.502. The molecule has 0 unspecified atom stereocenters. The zero-order valence-corrected chi connectivity index (χ0v) is 10.0. The number of hydrogen-bond acceptors (Lipinski definition) is 3. The Labute approximate surface area is 93.5 Å². The summed E-state index contributed by atoms with van der Waals surface area (Å²) in [6.07, 6.45) is 5.67. The van der Waals surface area contributed by atoms with Crippen molar-refractivity contribution in [3.05, 3.63) is 0 Å². The molecule has 0 heterocycles. The number of hydrogen-bond donors (Lipinski definition) is 0. The van der Waals surface area contributed by atoms with Crippen molar-refractivity contribution in [1.29, 1.82) is 5.26 Å². The van der Waals surface area contributed by atoms with Crippen molar-refractivity contribution in [3.8, 4) is 18.3 Å². The van der Waals surface area contributed by atoms with Gasteiger partial charge in [-0.1, -0.05) is 27.7 Å². The van der Waals surface area contributed by atoms with Crippen LogP contribution in [0.15, 0.2) is 0 Å². The lowest BCUT2D eigenvalue weighted by Gasteiger charge is -2.31. The summed E-state index contributed by atoms with van der Waals surface area (Å²) in [6, 6.07) is 0.556. The lowest BCUT2D eigenvalue weighted by atomic mass is 9.79. The van der Waals surface area contributed by atoms with E-state index in [1.807, 2.05) is 4.81 Å². The monoisotopic (exact) mass is 206 g/mol. The van der Waals surface area contributed by atoms with Crippen LogP contribution in [0, 0.1) is 23.6 Å². The van der Waals surface area contributed by atoms with Crippen LogP contribution in [0.5, 0.6) is 0 Å². The smallest absolute Gasteiger partial charge is 0.409 e. The van der Waals surface area contributed by atoms with Crippen LogP contribution < -0.4 is 0 Å². The van der Waals surface area contributed by atoms with Gasteiger partial charge in [0, 0.05) is 13.0 Å². The summed E-state index contributed by atoms with van der Waals surface area (Å²) in [4.78, 5) is 2.02. The predicted molar refractivity (Wildman–Crippen MR) is 62.9 cm³/mol. The quantitative estimate of drug-likeness (QED) is 0.377. The van der Waals surface area contributed by atoms with Crippen LogP contribution >= 0.6 is 0 Å². The van der Waals surface area contributed by atoms with Crippen LogP contribution in [0.1, 0.15) is 34.1 Å². The van der Waals surface area contributed by atoms with Crippen LogP contribution in [-0.2, 0) is 4.65 Å². The Kier molecular flexibility index (Phi) is 6.87. The van der Waals surface area contributed by atoms with Gasteiger partial charge >= 0.3 is 7.05 Å². The van der Waals surface area contributed by atoms with Gasteiger partial charge in [0.15, 0.2) is 0 Å². The maximum absolute atomic E-state index is 9.03. The molecular formula is C11H19BN2O. The molecule has 0 aromatic carbocycles. The molecule has 0 saturated carbocycles. The van der Waals surface area contributed by atoms with E-state index in [1.165, 1.54) is 0 Å². The van der Waals surface area contributed by atoms with Gasteiger partial charge in [-0.25, -0.2) is 5.26 Å². The largest absolute Gasteiger partial charge is 0.504 e. The second-order valence-electron chi connectivity index (χ2n) is 3.94. The Morgan fingerprint density at radius 3 is 2.20 bits per heavy atom. The SMILES string of the molecule is C#CCCOB(C#N)N(C(C)C)C(C)C. The topological polar surface area (TPSA) is 36.3 Å². The third kappa shape index (κ3) is 4.88. The zero-order chi connectivity index (χ0) is 11.8. The third-order valence-electron chi connectivity index (χ3n) is 2.10. The molecule has 0 aliphatic carbocycles. The number of terminal acetylenes is 1. The van der Waals surface area contributed by atoms with E-state index in [1.54, 1.807) is 0 Å². The van der Waals surface area contributed by atoms with Crippen molar-refractivity contribution in [1.82, 2.24) is 4.81 Å². The predicted octanol–water partition coefficient (Wildman–Crippen LogP) is 1.70. The van der Waals surface area contributed by atoms with E-state index in [0.717, 1.165) is 0 Å². The molecule has 82 valence electrons. The molecule has 0 radical (unpaired) electrons. The van der Waals surface area contributed by atoms with Gasteiger partial charge in [-0.3, -0.25) is 4.81 Å². The maximum atomic E-state index is 9.03. The molecule has 0 aromatic rings. The zero-order valence-electron chi connectivity index (χ0n) is 10.0. The Morgan fingerprint density at radius 2 is 1.87 bits per heavy atom. The van der Waals surface area contributed by atoms with Crippen LogP contribution in [-0.4, -0.2) is 30.6 Å². The molecular weight excluding hydrogens is 187 g/mol. The first-order chi connectivity index (χ1) is 7.04. The molecule has 0 aliphatic rings. The summed E-state index contributed by atoms with van der Waals surface area (Å²) in [5.74, 6) is 4.65. The van der Waals surface area contributed by atoms with Crippen molar-refractivity contribution >= 4 is 7.05 Å². The lowest BCUT2D eigenvalue weighted by Crippen LogP contribution is -2.49. The molecule has 0 rings (SSSR count). The van der Waals surface area contributed by atoms with E-state index in [0.29, 0.717) is 13.0 Å². The van der Waals surface area contributed by atoms with Crippen molar-refractivity contribution < 1.29 is 4.65 Å². The highest BCUT2D eigenvalue weighted by molar-refractivity contribution is 6.57. The van der Waals surface area contributed by atoms with Crippen molar-refractivity contribution in [2.75, 3.05) is 6.61 Å². The fourth-order valence-electron chi connectivity index (χ4n) is 1.56. The molecule has 0 aromatic heterocycles. The molecule has 4 heteroatoms. The van der Waals surface area contributed by atoms with Gasteiger partial charge in [0.1, 0.15) is 0 Å². The number of nitriles is 1. The van der Waals surface area contributed by atoms with Crippen LogP contribution in [0.2, 0.25) is 0 Å². The van der Waals surface area contributed by atoms with E-state index in [4.69, 9.17) is 16.3 Å². The molecule has 0 atom stereocenters. The van der Waals surface area contributed by atoms with E-state index in [-0.39, 0.29) is 12.1 Å². The third-order valence-corrected chi connectivity index (χ3v) is 2.10. The van der Waals surface area contributed by atoms with Gasteiger partial charge in [-0.05, 0) is 12.1 Å². The summed E-state index contributed by atoms with van der Waals surface area (Å²) >= 11 is 0. The summed E-state index contributed by atoms with van der Waals surface area (Å²) in [6.45, 7) is 8.64. The summed E-state index contributed by atoms with van der Waals surface area (Å²) < 4.78 is 5.44.